The second-order valence-corrected chi connectivity index (χ2v) is 7.43. The fourth-order valence-corrected chi connectivity index (χ4v) is 4.22. The summed E-state index contributed by atoms with van der Waals surface area (Å²) in [5.41, 5.74) is 3.06. The summed E-state index contributed by atoms with van der Waals surface area (Å²) in [7, 11) is 0. The van der Waals surface area contributed by atoms with Gasteiger partial charge in [0, 0.05) is 50.8 Å². The molecule has 136 valence electrons. The zero-order chi connectivity index (χ0) is 17.5. The quantitative estimate of drug-likeness (QED) is 0.725. The van der Waals surface area contributed by atoms with Crippen molar-refractivity contribution in [3.05, 3.63) is 36.0 Å². The third kappa shape index (κ3) is 2.83. The van der Waals surface area contributed by atoms with Crippen molar-refractivity contribution >= 4 is 22.4 Å². The van der Waals surface area contributed by atoms with Crippen LogP contribution < -0.4 is 4.90 Å². The van der Waals surface area contributed by atoms with Gasteiger partial charge in [0.1, 0.15) is 5.82 Å². The number of nitrogens with zero attached hydrogens (tertiary/aromatic N) is 5. The van der Waals surface area contributed by atoms with Gasteiger partial charge in [-0.3, -0.25) is 4.90 Å². The van der Waals surface area contributed by atoms with Crippen LogP contribution in [0.25, 0.3) is 16.6 Å². The number of rotatable bonds is 3. The molecule has 2 saturated heterocycles. The van der Waals surface area contributed by atoms with E-state index in [9.17, 15) is 0 Å². The van der Waals surface area contributed by atoms with Crippen molar-refractivity contribution in [1.29, 1.82) is 0 Å². The number of hydrogen-bond acceptors (Lipinski definition) is 5. The van der Waals surface area contributed by atoms with Gasteiger partial charge in [0.25, 0.3) is 0 Å². The Hall–Kier alpha value is -2.18. The summed E-state index contributed by atoms with van der Waals surface area (Å²) in [4.78, 5) is 9.92. The Kier molecular flexibility index (Phi) is 4.02. The molecule has 1 aromatic carbocycles. The molecule has 0 amide bonds. The van der Waals surface area contributed by atoms with Crippen LogP contribution in [0, 0.1) is 6.92 Å². The highest BCUT2D eigenvalue weighted by Gasteiger charge is 2.24. The molecule has 2 aliphatic heterocycles. The number of benzene rings is 1. The molecule has 1 atom stereocenters. The molecule has 2 aromatic heterocycles. The van der Waals surface area contributed by atoms with Gasteiger partial charge in [0.05, 0.1) is 17.3 Å². The summed E-state index contributed by atoms with van der Waals surface area (Å²) in [6, 6.07) is 10.5. The Morgan fingerprint density at radius 1 is 1.15 bits per heavy atom. The maximum Gasteiger partial charge on any atom is 0.158 e. The molecule has 0 saturated carbocycles. The van der Waals surface area contributed by atoms with Crippen LogP contribution in [-0.4, -0.2) is 64.9 Å². The monoisotopic (exact) mass is 351 g/mol. The van der Waals surface area contributed by atoms with E-state index < -0.39 is 0 Å². The Bertz CT molecular complexity index is 922. The number of hydrogen-bond donors (Lipinski definition) is 0. The van der Waals surface area contributed by atoms with Crippen LogP contribution in [0.2, 0.25) is 0 Å². The second kappa shape index (κ2) is 6.52. The molecule has 0 aliphatic carbocycles. The maximum atomic E-state index is 5.80. The van der Waals surface area contributed by atoms with Crippen molar-refractivity contribution in [3.8, 4) is 0 Å². The normalized spacial score (nSPS) is 21.9. The van der Waals surface area contributed by atoms with E-state index in [0.717, 1.165) is 62.0 Å². The molecule has 6 heteroatoms. The number of aryl methyl sites for hydroxylation is 1. The summed E-state index contributed by atoms with van der Waals surface area (Å²) in [6.07, 6.45) is 2.86. The van der Waals surface area contributed by atoms with E-state index in [0.29, 0.717) is 6.10 Å². The number of fused-ring (bicyclic) bond motifs is 3. The van der Waals surface area contributed by atoms with Crippen LogP contribution >= 0.6 is 0 Å². The number of para-hydroxylation sites is 1. The van der Waals surface area contributed by atoms with Crippen molar-refractivity contribution in [1.82, 2.24) is 19.5 Å². The second-order valence-electron chi connectivity index (χ2n) is 7.43. The van der Waals surface area contributed by atoms with E-state index in [1.807, 2.05) is 11.4 Å². The predicted molar refractivity (Wildman–Crippen MR) is 103 cm³/mol. The van der Waals surface area contributed by atoms with Crippen molar-refractivity contribution < 1.29 is 4.74 Å². The lowest BCUT2D eigenvalue weighted by Gasteiger charge is -2.36. The zero-order valence-corrected chi connectivity index (χ0v) is 15.3. The van der Waals surface area contributed by atoms with E-state index >= 15 is 0 Å². The van der Waals surface area contributed by atoms with E-state index in [1.165, 1.54) is 18.2 Å². The molecule has 3 aromatic rings. The average Bonchev–Trinajstić information content (AvgIpc) is 3.30. The third-order valence-electron chi connectivity index (χ3n) is 5.56. The Morgan fingerprint density at radius 3 is 2.81 bits per heavy atom. The summed E-state index contributed by atoms with van der Waals surface area (Å²) >= 11 is 0. The molecule has 1 unspecified atom stereocenters. The van der Waals surface area contributed by atoms with Crippen molar-refractivity contribution in [2.75, 3.05) is 44.2 Å². The molecular formula is C20H25N5O. The van der Waals surface area contributed by atoms with Crippen LogP contribution in [0.15, 0.2) is 30.3 Å². The Balaban J connectivity index is 1.42. The van der Waals surface area contributed by atoms with Crippen molar-refractivity contribution in [3.63, 3.8) is 0 Å². The highest BCUT2D eigenvalue weighted by Crippen LogP contribution is 2.27. The third-order valence-corrected chi connectivity index (χ3v) is 5.56. The van der Waals surface area contributed by atoms with E-state index in [-0.39, 0.29) is 0 Å². The molecule has 0 bridgehead atoms. The lowest BCUT2D eigenvalue weighted by molar-refractivity contribution is 0.0712. The van der Waals surface area contributed by atoms with Crippen LogP contribution in [0.5, 0.6) is 0 Å². The average molecular weight is 351 g/mol. The number of aromatic nitrogens is 3. The first-order chi connectivity index (χ1) is 12.8. The lowest BCUT2D eigenvalue weighted by atomic mass is 10.2. The molecule has 4 heterocycles. The Labute approximate surface area is 153 Å². The predicted octanol–water partition coefficient (Wildman–Crippen LogP) is 2.49. The van der Waals surface area contributed by atoms with E-state index in [1.54, 1.807) is 0 Å². The van der Waals surface area contributed by atoms with Crippen molar-refractivity contribution in [2.45, 2.75) is 25.9 Å². The Morgan fingerprint density at radius 2 is 2.00 bits per heavy atom. The summed E-state index contributed by atoms with van der Waals surface area (Å²) in [5, 5.41) is 5.79. The van der Waals surface area contributed by atoms with E-state index in [2.05, 4.69) is 45.2 Å². The molecule has 0 radical (unpaired) electrons. The van der Waals surface area contributed by atoms with Crippen LogP contribution in [-0.2, 0) is 4.74 Å². The molecule has 2 fully saturated rings. The van der Waals surface area contributed by atoms with Crippen LogP contribution in [0.1, 0.15) is 18.5 Å². The number of anilines is 1. The molecule has 0 N–H and O–H groups in total. The van der Waals surface area contributed by atoms with Gasteiger partial charge < -0.3 is 9.64 Å². The van der Waals surface area contributed by atoms with Gasteiger partial charge in [-0.2, -0.15) is 5.10 Å². The molecule has 5 rings (SSSR count). The summed E-state index contributed by atoms with van der Waals surface area (Å²) in [5.74, 6) is 1.09. The SMILES string of the molecule is Cc1cc2nc(N3CCN(CC4CCCO4)CC3)c3ccccc3n2n1. The van der Waals surface area contributed by atoms with Crippen molar-refractivity contribution in [2.24, 2.45) is 0 Å². The van der Waals surface area contributed by atoms with E-state index in [4.69, 9.17) is 9.72 Å². The van der Waals surface area contributed by atoms with Gasteiger partial charge in [0.15, 0.2) is 5.65 Å². The summed E-state index contributed by atoms with van der Waals surface area (Å²) in [6.45, 7) is 8.18. The highest BCUT2D eigenvalue weighted by molar-refractivity contribution is 5.91. The van der Waals surface area contributed by atoms with Gasteiger partial charge in [-0.05, 0) is 31.9 Å². The van der Waals surface area contributed by atoms with Gasteiger partial charge in [-0.1, -0.05) is 12.1 Å². The van der Waals surface area contributed by atoms with Gasteiger partial charge in [0.2, 0.25) is 0 Å². The first-order valence-corrected chi connectivity index (χ1v) is 9.62. The van der Waals surface area contributed by atoms with Crippen LogP contribution in [0.3, 0.4) is 0 Å². The maximum absolute atomic E-state index is 5.80. The minimum atomic E-state index is 0.437. The molecule has 2 aliphatic rings. The standard InChI is InChI=1S/C20H25N5O/c1-15-13-19-21-20(17-6-2-3-7-18(17)25(19)22-15)24-10-8-23(9-11-24)14-16-5-4-12-26-16/h2-3,6-7,13,16H,4-5,8-12,14H2,1H3. The minimum absolute atomic E-state index is 0.437. The lowest BCUT2D eigenvalue weighted by Crippen LogP contribution is -2.48. The number of piperazine rings is 1. The molecule has 6 nitrogen and oxygen atoms in total. The smallest absolute Gasteiger partial charge is 0.158 e. The van der Waals surface area contributed by atoms with Gasteiger partial charge in [-0.15, -0.1) is 0 Å². The zero-order valence-electron chi connectivity index (χ0n) is 15.3. The minimum Gasteiger partial charge on any atom is -0.377 e. The first kappa shape index (κ1) is 16.0. The fourth-order valence-electron chi connectivity index (χ4n) is 4.22. The summed E-state index contributed by atoms with van der Waals surface area (Å²) < 4.78 is 7.76. The fraction of sp³-hybridized carbons (Fsp3) is 0.500. The topological polar surface area (TPSA) is 45.9 Å². The molecule has 26 heavy (non-hydrogen) atoms. The number of ether oxygens (including phenoxy) is 1. The van der Waals surface area contributed by atoms with Crippen LogP contribution in [0.4, 0.5) is 5.82 Å². The largest absolute Gasteiger partial charge is 0.377 e. The first-order valence-electron chi connectivity index (χ1n) is 9.62. The highest BCUT2D eigenvalue weighted by atomic mass is 16.5. The van der Waals surface area contributed by atoms with Gasteiger partial charge in [-0.25, -0.2) is 9.50 Å². The molecular weight excluding hydrogens is 326 g/mol. The van der Waals surface area contributed by atoms with Gasteiger partial charge >= 0.3 is 0 Å². The molecule has 0 spiro atoms.